The Kier molecular flexibility index (Phi) is 5.60. The summed E-state index contributed by atoms with van der Waals surface area (Å²) in [5.41, 5.74) is 1.14. The van der Waals surface area contributed by atoms with Crippen molar-refractivity contribution < 1.29 is 28.6 Å². The number of para-hydroxylation sites is 1. The second-order valence-corrected chi connectivity index (χ2v) is 6.57. The van der Waals surface area contributed by atoms with Gasteiger partial charge in [-0.25, -0.2) is 9.80 Å². The molecule has 0 radical (unpaired) electrons. The zero-order valence-corrected chi connectivity index (χ0v) is 16.0. The highest BCUT2D eigenvalue weighted by Crippen LogP contribution is 2.32. The average molecular weight is 409 g/mol. The molecule has 0 unspecified atom stereocenters. The Morgan fingerprint density at radius 1 is 1.03 bits per heavy atom. The molecule has 2 aliphatic heterocycles. The van der Waals surface area contributed by atoms with Gasteiger partial charge in [-0.3, -0.25) is 9.59 Å². The van der Waals surface area contributed by atoms with Crippen LogP contribution in [0.5, 0.6) is 11.5 Å². The molecule has 9 heteroatoms. The Morgan fingerprint density at radius 2 is 1.80 bits per heavy atom. The standard InChI is InChI=1S/C21H19N3O6/c25-19(22-14-6-8-17-18(12-14)29-11-10-28-17)13-30-21(27)16-7-9-20(26)24(23-16)15-4-2-1-3-5-15/h1-6,8,12H,7,9-11,13H2,(H,22,25). The van der Waals surface area contributed by atoms with Gasteiger partial charge in [-0.15, -0.1) is 0 Å². The van der Waals surface area contributed by atoms with Gasteiger partial charge in [0.05, 0.1) is 5.69 Å². The van der Waals surface area contributed by atoms with Crippen molar-refractivity contribution >= 4 is 34.9 Å². The van der Waals surface area contributed by atoms with Crippen molar-refractivity contribution in [2.24, 2.45) is 5.10 Å². The summed E-state index contributed by atoms with van der Waals surface area (Å²) in [6.45, 7) is 0.435. The zero-order valence-electron chi connectivity index (χ0n) is 16.0. The molecule has 154 valence electrons. The average Bonchev–Trinajstić information content (AvgIpc) is 2.78. The van der Waals surface area contributed by atoms with E-state index in [1.54, 1.807) is 42.5 Å². The summed E-state index contributed by atoms with van der Waals surface area (Å²) in [6, 6.07) is 13.8. The van der Waals surface area contributed by atoms with Gasteiger partial charge in [0.1, 0.15) is 18.9 Å². The van der Waals surface area contributed by atoms with E-state index in [1.807, 2.05) is 6.07 Å². The monoisotopic (exact) mass is 409 g/mol. The highest BCUT2D eigenvalue weighted by Gasteiger charge is 2.26. The second-order valence-electron chi connectivity index (χ2n) is 6.57. The van der Waals surface area contributed by atoms with Crippen LogP contribution in [-0.4, -0.2) is 43.3 Å². The van der Waals surface area contributed by atoms with Crippen LogP contribution in [0.1, 0.15) is 12.8 Å². The van der Waals surface area contributed by atoms with Crippen molar-refractivity contribution in [1.29, 1.82) is 0 Å². The van der Waals surface area contributed by atoms with Gasteiger partial charge in [-0.1, -0.05) is 18.2 Å². The molecule has 0 fully saturated rings. The van der Waals surface area contributed by atoms with Gasteiger partial charge in [-0.05, 0) is 24.3 Å². The Labute approximate surface area is 172 Å². The number of amides is 2. The molecule has 2 aromatic carbocycles. The number of hydrazone groups is 1. The van der Waals surface area contributed by atoms with Gasteiger partial charge in [-0.2, -0.15) is 5.10 Å². The van der Waals surface area contributed by atoms with E-state index in [0.717, 1.165) is 0 Å². The fourth-order valence-electron chi connectivity index (χ4n) is 3.00. The minimum Gasteiger partial charge on any atom is -0.486 e. The molecule has 0 saturated heterocycles. The minimum absolute atomic E-state index is 0.0885. The first-order valence-corrected chi connectivity index (χ1v) is 9.42. The van der Waals surface area contributed by atoms with E-state index in [9.17, 15) is 14.4 Å². The maximum atomic E-state index is 12.3. The summed E-state index contributed by atoms with van der Waals surface area (Å²) < 4.78 is 16.0. The number of esters is 1. The highest BCUT2D eigenvalue weighted by atomic mass is 16.6. The van der Waals surface area contributed by atoms with Crippen molar-refractivity contribution in [3.63, 3.8) is 0 Å². The summed E-state index contributed by atoms with van der Waals surface area (Å²) in [6.07, 6.45) is 0.289. The van der Waals surface area contributed by atoms with Gasteiger partial charge in [0.2, 0.25) is 5.91 Å². The Balaban J connectivity index is 1.35. The lowest BCUT2D eigenvalue weighted by atomic mass is 10.1. The van der Waals surface area contributed by atoms with Gasteiger partial charge in [0.15, 0.2) is 18.1 Å². The number of ether oxygens (including phenoxy) is 3. The van der Waals surface area contributed by atoms with Crippen LogP contribution in [0, 0.1) is 0 Å². The highest BCUT2D eigenvalue weighted by molar-refractivity contribution is 6.38. The number of fused-ring (bicyclic) bond motifs is 1. The number of nitrogens with zero attached hydrogens (tertiary/aromatic N) is 2. The van der Waals surface area contributed by atoms with E-state index in [1.165, 1.54) is 5.01 Å². The summed E-state index contributed by atoms with van der Waals surface area (Å²) in [5, 5.41) is 7.92. The first kappa shape index (κ1) is 19.4. The SMILES string of the molecule is O=C(COC(=O)C1=NN(c2ccccc2)C(=O)CC1)Nc1ccc2c(c1)OCCO2. The molecule has 2 heterocycles. The summed E-state index contributed by atoms with van der Waals surface area (Å²) in [4.78, 5) is 36.6. The van der Waals surface area contributed by atoms with Crippen LogP contribution < -0.4 is 19.8 Å². The molecule has 0 bridgehead atoms. The smallest absolute Gasteiger partial charge is 0.355 e. The number of hydrogen-bond donors (Lipinski definition) is 1. The molecule has 0 aliphatic carbocycles. The number of carbonyl (C=O) groups is 3. The molecular weight excluding hydrogens is 390 g/mol. The molecule has 1 N–H and O–H groups in total. The first-order chi connectivity index (χ1) is 14.6. The molecule has 0 atom stereocenters. The Hall–Kier alpha value is -3.88. The van der Waals surface area contributed by atoms with E-state index < -0.39 is 18.5 Å². The van der Waals surface area contributed by atoms with E-state index >= 15 is 0 Å². The molecule has 0 aromatic heterocycles. The summed E-state index contributed by atoms with van der Waals surface area (Å²) >= 11 is 0. The minimum atomic E-state index is -0.735. The fourth-order valence-corrected chi connectivity index (χ4v) is 3.00. The second kappa shape index (κ2) is 8.64. The predicted molar refractivity (Wildman–Crippen MR) is 108 cm³/mol. The summed E-state index contributed by atoms with van der Waals surface area (Å²) in [7, 11) is 0. The van der Waals surface area contributed by atoms with Crippen molar-refractivity contribution in [1.82, 2.24) is 0 Å². The van der Waals surface area contributed by atoms with E-state index in [2.05, 4.69) is 10.4 Å². The van der Waals surface area contributed by atoms with Crippen LogP contribution in [0.15, 0.2) is 53.6 Å². The molecule has 9 nitrogen and oxygen atoms in total. The number of anilines is 2. The number of benzene rings is 2. The molecule has 0 spiro atoms. The van der Waals surface area contributed by atoms with Crippen LogP contribution in [0.4, 0.5) is 11.4 Å². The van der Waals surface area contributed by atoms with Crippen molar-refractivity contribution in [2.75, 3.05) is 30.1 Å². The quantitative estimate of drug-likeness (QED) is 0.759. The lowest BCUT2D eigenvalue weighted by Gasteiger charge is -2.22. The maximum absolute atomic E-state index is 12.3. The van der Waals surface area contributed by atoms with Crippen molar-refractivity contribution in [2.45, 2.75) is 12.8 Å². The first-order valence-electron chi connectivity index (χ1n) is 9.42. The Morgan fingerprint density at radius 3 is 2.60 bits per heavy atom. The van der Waals surface area contributed by atoms with Crippen LogP contribution in [0.3, 0.4) is 0 Å². The fraction of sp³-hybridized carbons (Fsp3) is 0.238. The normalized spacial score (nSPS) is 15.3. The summed E-state index contributed by atoms with van der Waals surface area (Å²) in [5.74, 6) is -0.306. The lowest BCUT2D eigenvalue weighted by Crippen LogP contribution is -2.35. The molecule has 2 amide bonds. The zero-order chi connectivity index (χ0) is 20.9. The third-order valence-corrected chi connectivity index (χ3v) is 4.43. The van der Waals surface area contributed by atoms with Crippen LogP contribution >= 0.6 is 0 Å². The third kappa shape index (κ3) is 4.40. The van der Waals surface area contributed by atoms with Crippen molar-refractivity contribution in [3.05, 3.63) is 48.5 Å². The number of carbonyl (C=O) groups excluding carboxylic acids is 3. The van der Waals surface area contributed by atoms with Crippen LogP contribution in [0.2, 0.25) is 0 Å². The van der Waals surface area contributed by atoms with E-state index in [-0.39, 0.29) is 24.5 Å². The molecule has 0 saturated carbocycles. The number of rotatable bonds is 5. The van der Waals surface area contributed by atoms with Crippen LogP contribution in [-0.2, 0) is 19.1 Å². The maximum Gasteiger partial charge on any atom is 0.355 e. The molecule has 30 heavy (non-hydrogen) atoms. The van der Waals surface area contributed by atoms with Crippen LogP contribution in [0.25, 0.3) is 0 Å². The Bertz CT molecular complexity index is 1010. The van der Waals surface area contributed by atoms with Gasteiger partial charge >= 0.3 is 5.97 Å². The van der Waals surface area contributed by atoms with Gasteiger partial charge < -0.3 is 19.5 Å². The third-order valence-electron chi connectivity index (χ3n) is 4.43. The molecule has 2 aromatic rings. The van der Waals surface area contributed by atoms with Gasteiger partial charge in [0.25, 0.3) is 5.91 Å². The topological polar surface area (TPSA) is 107 Å². The number of nitrogens with one attached hydrogen (secondary N) is 1. The van der Waals surface area contributed by atoms with Crippen molar-refractivity contribution in [3.8, 4) is 11.5 Å². The van der Waals surface area contributed by atoms with E-state index in [0.29, 0.717) is 36.1 Å². The molecular formula is C21H19N3O6. The van der Waals surface area contributed by atoms with E-state index in [4.69, 9.17) is 14.2 Å². The largest absolute Gasteiger partial charge is 0.486 e. The molecule has 4 rings (SSSR count). The van der Waals surface area contributed by atoms with Gasteiger partial charge in [0, 0.05) is 24.6 Å². The number of hydrogen-bond acceptors (Lipinski definition) is 7. The molecule has 2 aliphatic rings. The lowest BCUT2D eigenvalue weighted by molar-refractivity contribution is -0.140. The predicted octanol–water partition coefficient (Wildman–Crippen LogP) is 2.12.